The van der Waals surface area contributed by atoms with E-state index in [1.807, 2.05) is 36.6 Å². The predicted octanol–water partition coefficient (Wildman–Crippen LogP) is 4.74. The Kier molecular flexibility index (Phi) is 3.75. The molecule has 0 spiro atoms. The van der Waals surface area contributed by atoms with Gasteiger partial charge < -0.3 is 0 Å². The van der Waals surface area contributed by atoms with Crippen LogP contribution in [0, 0.1) is 11.6 Å². The quantitative estimate of drug-likeness (QED) is 0.708. The summed E-state index contributed by atoms with van der Waals surface area (Å²) in [5.74, 6) is -1.72. The van der Waals surface area contributed by atoms with Crippen molar-refractivity contribution in [3.63, 3.8) is 0 Å². The number of benzene rings is 2. The third-order valence-electron chi connectivity index (χ3n) is 3.21. The number of halogens is 2. The van der Waals surface area contributed by atoms with E-state index in [9.17, 15) is 8.78 Å². The first-order valence-corrected chi connectivity index (χ1v) is 7.57. The lowest BCUT2D eigenvalue weighted by molar-refractivity contribution is 0.511. The van der Waals surface area contributed by atoms with Gasteiger partial charge in [0.1, 0.15) is 5.03 Å². The Morgan fingerprint density at radius 3 is 2.48 bits per heavy atom. The number of H-pyrrole nitrogens is 1. The molecule has 0 bridgehead atoms. The van der Waals surface area contributed by atoms with Crippen LogP contribution < -0.4 is 0 Å². The molecule has 0 saturated heterocycles. The van der Waals surface area contributed by atoms with Crippen molar-refractivity contribution < 1.29 is 8.78 Å². The summed E-state index contributed by atoms with van der Waals surface area (Å²) in [5.41, 5.74) is 2.37. The monoisotopic (exact) mass is 302 g/mol. The van der Waals surface area contributed by atoms with Crippen LogP contribution in [0.4, 0.5) is 8.78 Å². The third-order valence-corrected chi connectivity index (χ3v) is 3.89. The van der Waals surface area contributed by atoms with Gasteiger partial charge in [-0.2, -0.15) is 5.10 Å². The van der Waals surface area contributed by atoms with E-state index in [1.165, 1.54) is 17.8 Å². The fourth-order valence-electron chi connectivity index (χ4n) is 2.23. The molecule has 1 aromatic heterocycles. The van der Waals surface area contributed by atoms with Gasteiger partial charge in [0.2, 0.25) is 0 Å². The fraction of sp³-hybridized carbons (Fsp3) is 0.0625. The predicted molar refractivity (Wildman–Crippen MR) is 81.2 cm³/mol. The molecule has 1 N–H and O–H groups in total. The summed E-state index contributed by atoms with van der Waals surface area (Å²) in [5, 5.41) is 7.77. The molecular weight excluding hydrogens is 290 g/mol. The zero-order valence-corrected chi connectivity index (χ0v) is 12.0. The highest BCUT2D eigenvalue weighted by molar-refractivity contribution is 7.98. The maximum atomic E-state index is 14.2. The first-order valence-electron chi connectivity index (χ1n) is 6.34. The number of hydrogen-bond acceptors (Lipinski definition) is 2. The number of rotatable bonds is 3. The summed E-state index contributed by atoms with van der Waals surface area (Å²) in [4.78, 5) is 0. The molecule has 0 amide bonds. The van der Waals surface area contributed by atoms with Crippen LogP contribution in [0.15, 0.2) is 53.6 Å². The molecule has 2 nitrogen and oxygen atoms in total. The molecule has 0 atom stereocenters. The minimum atomic E-state index is -0.861. The third kappa shape index (κ3) is 2.45. The molecule has 3 rings (SSSR count). The molecule has 0 unspecified atom stereocenters. The Labute approximate surface area is 125 Å². The van der Waals surface area contributed by atoms with E-state index in [0.717, 1.165) is 11.6 Å². The average Bonchev–Trinajstić information content (AvgIpc) is 2.94. The molecule has 0 aliphatic carbocycles. The maximum absolute atomic E-state index is 14.2. The summed E-state index contributed by atoms with van der Waals surface area (Å²) in [6.45, 7) is 0. The van der Waals surface area contributed by atoms with Crippen LogP contribution in [0.3, 0.4) is 0 Å². The summed E-state index contributed by atoms with van der Waals surface area (Å²) in [6, 6.07) is 13.7. The van der Waals surface area contributed by atoms with Gasteiger partial charge in [0, 0.05) is 16.7 Å². The van der Waals surface area contributed by atoms with Crippen LogP contribution in [0.2, 0.25) is 0 Å². The van der Waals surface area contributed by atoms with Gasteiger partial charge >= 0.3 is 0 Å². The van der Waals surface area contributed by atoms with Crippen LogP contribution in [0.25, 0.3) is 22.4 Å². The van der Waals surface area contributed by atoms with E-state index in [4.69, 9.17) is 0 Å². The van der Waals surface area contributed by atoms with E-state index in [-0.39, 0.29) is 5.56 Å². The number of nitrogens with zero attached hydrogens (tertiary/aromatic N) is 1. The van der Waals surface area contributed by atoms with Crippen LogP contribution in [0.1, 0.15) is 0 Å². The number of thioether (sulfide) groups is 1. The topological polar surface area (TPSA) is 28.7 Å². The normalized spacial score (nSPS) is 10.8. The molecule has 0 fully saturated rings. The molecular formula is C16H12F2N2S. The lowest BCUT2D eigenvalue weighted by Crippen LogP contribution is -1.91. The number of aromatic amines is 1. The van der Waals surface area contributed by atoms with Gasteiger partial charge in [0.05, 0.1) is 5.69 Å². The average molecular weight is 302 g/mol. The van der Waals surface area contributed by atoms with Gasteiger partial charge in [-0.3, -0.25) is 5.10 Å². The molecule has 3 aromatic rings. The lowest BCUT2D eigenvalue weighted by Gasteiger charge is -2.07. The zero-order valence-electron chi connectivity index (χ0n) is 11.2. The van der Waals surface area contributed by atoms with Gasteiger partial charge in [-0.15, -0.1) is 11.8 Å². The van der Waals surface area contributed by atoms with Crippen molar-refractivity contribution in [2.24, 2.45) is 0 Å². The molecule has 106 valence electrons. The molecule has 5 heteroatoms. The lowest BCUT2D eigenvalue weighted by atomic mass is 10.0. The van der Waals surface area contributed by atoms with Crippen molar-refractivity contribution in [2.45, 2.75) is 5.03 Å². The van der Waals surface area contributed by atoms with Crippen LogP contribution in [-0.4, -0.2) is 16.5 Å². The molecule has 0 aliphatic heterocycles. The Balaban J connectivity index is 2.26. The molecule has 0 radical (unpaired) electrons. The molecule has 2 aromatic carbocycles. The van der Waals surface area contributed by atoms with Gasteiger partial charge in [-0.1, -0.05) is 42.5 Å². The van der Waals surface area contributed by atoms with Gasteiger partial charge in [0.15, 0.2) is 11.6 Å². The van der Waals surface area contributed by atoms with Crippen molar-refractivity contribution in [3.8, 4) is 22.4 Å². The van der Waals surface area contributed by atoms with Crippen molar-refractivity contribution in [1.29, 1.82) is 0 Å². The first kappa shape index (κ1) is 13.8. The van der Waals surface area contributed by atoms with Gasteiger partial charge in [-0.05, 0) is 12.3 Å². The minimum absolute atomic E-state index is 0.215. The second-order valence-electron chi connectivity index (χ2n) is 4.45. The summed E-state index contributed by atoms with van der Waals surface area (Å²) >= 11 is 1.39. The van der Waals surface area contributed by atoms with Gasteiger partial charge in [0.25, 0.3) is 0 Å². The fourth-order valence-corrected chi connectivity index (χ4v) is 2.79. The zero-order chi connectivity index (χ0) is 14.8. The summed E-state index contributed by atoms with van der Waals surface area (Å²) in [7, 11) is 0. The molecule has 0 aliphatic rings. The van der Waals surface area contributed by atoms with Crippen LogP contribution >= 0.6 is 11.8 Å². The Bertz CT molecular complexity index is 769. The van der Waals surface area contributed by atoms with Crippen molar-refractivity contribution in [1.82, 2.24) is 10.2 Å². The first-order chi connectivity index (χ1) is 10.2. The van der Waals surface area contributed by atoms with Crippen molar-refractivity contribution >= 4 is 11.8 Å². The van der Waals surface area contributed by atoms with E-state index in [1.54, 1.807) is 6.07 Å². The Morgan fingerprint density at radius 2 is 1.76 bits per heavy atom. The van der Waals surface area contributed by atoms with Crippen molar-refractivity contribution in [2.75, 3.05) is 6.26 Å². The highest BCUT2D eigenvalue weighted by Crippen LogP contribution is 2.38. The van der Waals surface area contributed by atoms with E-state index >= 15 is 0 Å². The second-order valence-corrected chi connectivity index (χ2v) is 5.25. The Hall–Kier alpha value is -2.14. The number of nitrogens with one attached hydrogen (secondary N) is 1. The van der Waals surface area contributed by atoms with Gasteiger partial charge in [-0.25, -0.2) is 8.78 Å². The molecule has 21 heavy (non-hydrogen) atoms. The maximum Gasteiger partial charge on any atom is 0.166 e. The highest BCUT2D eigenvalue weighted by atomic mass is 32.2. The van der Waals surface area contributed by atoms with E-state index < -0.39 is 11.6 Å². The smallest absolute Gasteiger partial charge is 0.166 e. The largest absolute Gasteiger partial charge is 0.276 e. The minimum Gasteiger partial charge on any atom is -0.276 e. The van der Waals surface area contributed by atoms with Crippen LogP contribution in [0.5, 0.6) is 0 Å². The second kappa shape index (κ2) is 5.69. The standard InChI is InChI=1S/C16H12F2N2S/c1-21-16-13(11-8-5-9-12(17)14(11)18)15(19-20-16)10-6-3-2-4-7-10/h2-9H,1H3,(H,19,20). The SMILES string of the molecule is CSc1n[nH]c(-c2ccccc2)c1-c1cccc(F)c1F. The summed E-state index contributed by atoms with van der Waals surface area (Å²) in [6.07, 6.45) is 1.85. The highest BCUT2D eigenvalue weighted by Gasteiger charge is 2.20. The summed E-state index contributed by atoms with van der Waals surface area (Å²) < 4.78 is 27.7. The van der Waals surface area contributed by atoms with E-state index in [0.29, 0.717) is 16.3 Å². The number of hydrogen-bond donors (Lipinski definition) is 1. The Morgan fingerprint density at radius 1 is 1.00 bits per heavy atom. The van der Waals surface area contributed by atoms with Crippen LogP contribution in [-0.2, 0) is 0 Å². The van der Waals surface area contributed by atoms with E-state index in [2.05, 4.69) is 10.2 Å². The molecule has 0 saturated carbocycles. The molecule has 1 heterocycles. The number of aromatic nitrogens is 2. The van der Waals surface area contributed by atoms with Crippen molar-refractivity contribution in [3.05, 3.63) is 60.2 Å².